The first-order chi connectivity index (χ1) is 7.91. The highest BCUT2D eigenvalue weighted by Crippen LogP contribution is 2.15. The number of aliphatic hydroxyl groups is 1. The van der Waals surface area contributed by atoms with Crippen LogP contribution in [-0.2, 0) is 0 Å². The maximum Gasteiger partial charge on any atom is 0.253 e. The molecular weight excluding hydrogens is 218 g/mol. The summed E-state index contributed by atoms with van der Waals surface area (Å²) in [5.74, 6) is -0.207. The lowest BCUT2D eigenvalue weighted by atomic mass is 10.1. The molecule has 0 aliphatic carbocycles. The predicted molar refractivity (Wildman–Crippen MR) is 68.4 cm³/mol. The van der Waals surface area contributed by atoms with E-state index in [2.05, 4.69) is 5.32 Å². The summed E-state index contributed by atoms with van der Waals surface area (Å²) in [6, 6.07) is 4.72. The molecule has 94 valence electrons. The third-order valence-electron chi connectivity index (χ3n) is 2.56. The number of hydrogen-bond donors (Lipinski definition) is 4. The smallest absolute Gasteiger partial charge is 0.253 e. The van der Waals surface area contributed by atoms with Gasteiger partial charge in [0.05, 0.1) is 11.7 Å². The number of carbonyl (C=O) groups excluding carboxylic acids is 1. The fraction of sp³-hybridized carbons (Fsp3) is 0.417. The molecule has 5 heteroatoms. The highest BCUT2D eigenvalue weighted by molar-refractivity contribution is 5.99. The van der Waals surface area contributed by atoms with Gasteiger partial charge in [-0.2, -0.15) is 0 Å². The van der Waals surface area contributed by atoms with Crippen molar-refractivity contribution in [3.05, 3.63) is 23.8 Å². The molecule has 0 heterocycles. The summed E-state index contributed by atoms with van der Waals surface area (Å²) in [6.45, 7) is 3.98. The van der Waals surface area contributed by atoms with Gasteiger partial charge in [-0.15, -0.1) is 0 Å². The predicted octanol–water partition coefficient (Wildman–Crippen LogP) is 0.598. The summed E-state index contributed by atoms with van der Waals surface area (Å²) in [4.78, 5) is 11.8. The molecule has 0 bridgehead atoms. The molecule has 0 saturated carbocycles. The van der Waals surface area contributed by atoms with E-state index in [0.29, 0.717) is 16.9 Å². The van der Waals surface area contributed by atoms with Crippen LogP contribution < -0.4 is 16.8 Å². The van der Waals surface area contributed by atoms with E-state index in [4.69, 9.17) is 11.5 Å². The number of carbonyl (C=O) groups is 1. The van der Waals surface area contributed by atoms with Crippen molar-refractivity contribution in [2.24, 2.45) is 5.92 Å². The lowest BCUT2D eigenvalue weighted by Crippen LogP contribution is -2.35. The van der Waals surface area contributed by atoms with Crippen LogP contribution in [0.4, 0.5) is 11.4 Å². The topological polar surface area (TPSA) is 101 Å². The Balaban J connectivity index is 2.64. The molecule has 1 aromatic carbocycles. The van der Waals surface area contributed by atoms with E-state index in [1.807, 2.05) is 13.8 Å². The van der Waals surface area contributed by atoms with Crippen molar-refractivity contribution in [2.45, 2.75) is 20.0 Å². The van der Waals surface area contributed by atoms with Crippen LogP contribution in [0.2, 0.25) is 0 Å². The maximum atomic E-state index is 11.8. The van der Waals surface area contributed by atoms with Crippen LogP contribution in [0.3, 0.4) is 0 Å². The van der Waals surface area contributed by atoms with Crippen molar-refractivity contribution in [3.63, 3.8) is 0 Å². The van der Waals surface area contributed by atoms with E-state index in [0.717, 1.165) is 0 Å². The minimum atomic E-state index is -0.561. The fourth-order valence-corrected chi connectivity index (χ4v) is 1.32. The monoisotopic (exact) mass is 237 g/mol. The highest BCUT2D eigenvalue weighted by Gasteiger charge is 2.13. The maximum absolute atomic E-state index is 11.8. The number of anilines is 2. The van der Waals surface area contributed by atoms with Crippen LogP contribution in [0, 0.1) is 5.92 Å². The molecule has 0 spiro atoms. The molecule has 1 atom stereocenters. The molecule has 0 fully saturated rings. The van der Waals surface area contributed by atoms with E-state index in [9.17, 15) is 9.90 Å². The van der Waals surface area contributed by atoms with Gasteiger partial charge in [0.15, 0.2) is 0 Å². The van der Waals surface area contributed by atoms with Crippen LogP contribution in [0.15, 0.2) is 18.2 Å². The summed E-state index contributed by atoms with van der Waals surface area (Å²) in [5.41, 5.74) is 12.4. The Morgan fingerprint density at radius 2 is 2.06 bits per heavy atom. The molecule has 0 aliphatic rings. The molecule has 0 aliphatic heterocycles. The first-order valence-corrected chi connectivity index (χ1v) is 5.53. The second-order valence-electron chi connectivity index (χ2n) is 4.37. The zero-order chi connectivity index (χ0) is 13.0. The normalized spacial score (nSPS) is 12.5. The summed E-state index contributed by atoms with van der Waals surface area (Å²) in [5, 5.41) is 12.2. The lowest BCUT2D eigenvalue weighted by Gasteiger charge is -2.15. The minimum Gasteiger partial charge on any atom is -0.399 e. The van der Waals surface area contributed by atoms with Crippen molar-refractivity contribution < 1.29 is 9.90 Å². The van der Waals surface area contributed by atoms with Crippen molar-refractivity contribution in [3.8, 4) is 0 Å². The quantitative estimate of drug-likeness (QED) is 0.576. The Bertz CT molecular complexity index is 405. The third kappa shape index (κ3) is 3.64. The van der Waals surface area contributed by atoms with E-state index in [1.54, 1.807) is 12.1 Å². The molecule has 0 saturated heterocycles. The molecule has 1 aromatic rings. The standard InChI is InChI=1S/C12H19N3O2/c1-7(2)11(16)6-15-12(17)9-4-3-8(13)5-10(9)14/h3-5,7,11,16H,6,13-14H2,1-2H3,(H,15,17). The molecule has 0 aromatic heterocycles. The highest BCUT2D eigenvalue weighted by atomic mass is 16.3. The average Bonchev–Trinajstić information content (AvgIpc) is 2.25. The van der Waals surface area contributed by atoms with Crippen LogP contribution >= 0.6 is 0 Å². The molecular formula is C12H19N3O2. The number of nitrogens with two attached hydrogens (primary N) is 2. The van der Waals surface area contributed by atoms with Gasteiger partial charge in [0.1, 0.15) is 0 Å². The van der Waals surface area contributed by atoms with E-state index >= 15 is 0 Å². The van der Waals surface area contributed by atoms with Crippen LogP contribution in [0.5, 0.6) is 0 Å². The van der Waals surface area contributed by atoms with Crippen molar-refractivity contribution in [2.75, 3.05) is 18.0 Å². The Morgan fingerprint density at radius 1 is 1.41 bits per heavy atom. The van der Waals surface area contributed by atoms with Crippen molar-refractivity contribution in [1.29, 1.82) is 0 Å². The fourth-order valence-electron chi connectivity index (χ4n) is 1.32. The molecule has 5 nitrogen and oxygen atoms in total. The van der Waals surface area contributed by atoms with Gasteiger partial charge < -0.3 is 21.9 Å². The SMILES string of the molecule is CC(C)C(O)CNC(=O)c1ccc(N)cc1N. The Morgan fingerprint density at radius 3 is 2.59 bits per heavy atom. The Kier molecular flexibility index (Phi) is 4.34. The van der Waals surface area contributed by atoms with E-state index in [1.165, 1.54) is 6.07 Å². The second-order valence-corrected chi connectivity index (χ2v) is 4.37. The van der Waals surface area contributed by atoms with Gasteiger partial charge in [-0.3, -0.25) is 4.79 Å². The molecule has 6 N–H and O–H groups in total. The van der Waals surface area contributed by atoms with Gasteiger partial charge in [-0.1, -0.05) is 13.8 Å². The number of rotatable bonds is 4. The third-order valence-corrected chi connectivity index (χ3v) is 2.56. The van der Waals surface area contributed by atoms with Gasteiger partial charge in [0.25, 0.3) is 5.91 Å². The van der Waals surface area contributed by atoms with Gasteiger partial charge in [0.2, 0.25) is 0 Å². The number of nitrogen functional groups attached to an aromatic ring is 2. The van der Waals surface area contributed by atoms with E-state index < -0.39 is 6.10 Å². The number of amides is 1. The summed E-state index contributed by atoms with van der Waals surface area (Å²) in [6.07, 6.45) is -0.561. The van der Waals surface area contributed by atoms with Gasteiger partial charge in [0, 0.05) is 17.9 Å². The van der Waals surface area contributed by atoms with Gasteiger partial charge in [-0.05, 0) is 24.1 Å². The second kappa shape index (κ2) is 5.54. The summed E-state index contributed by atoms with van der Waals surface area (Å²) in [7, 11) is 0. The van der Waals surface area contributed by atoms with Gasteiger partial charge in [-0.25, -0.2) is 0 Å². The van der Waals surface area contributed by atoms with Crippen molar-refractivity contribution in [1.82, 2.24) is 5.32 Å². The Labute approximate surface area is 101 Å². The average molecular weight is 237 g/mol. The van der Waals surface area contributed by atoms with Gasteiger partial charge >= 0.3 is 0 Å². The van der Waals surface area contributed by atoms with Crippen molar-refractivity contribution >= 4 is 17.3 Å². The zero-order valence-electron chi connectivity index (χ0n) is 10.1. The molecule has 17 heavy (non-hydrogen) atoms. The summed E-state index contributed by atoms with van der Waals surface area (Å²) >= 11 is 0. The number of benzene rings is 1. The molecule has 1 rings (SSSR count). The largest absolute Gasteiger partial charge is 0.399 e. The van der Waals surface area contributed by atoms with E-state index in [-0.39, 0.29) is 18.4 Å². The minimum absolute atomic E-state index is 0.0964. The molecule has 0 radical (unpaired) electrons. The number of aliphatic hydroxyl groups excluding tert-OH is 1. The number of nitrogens with one attached hydrogen (secondary N) is 1. The molecule has 1 unspecified atom stereocenters. The lowest BCUT2D eigenvalue weighted by molar-refractivity contribution is 0.0872. The van der Waals surface area contributed by atoms with Crippen LogP contribution in [0.25, 0.3) is 0 Å². The van der Waals surface area contributed by atoms with Crippen LogP contribution in [-0.4, -0.2) is 23.7 Å². The first-order valence-electron chi connectivity index (χ1n) is 5.53. The summed E-state index contributed by atoms with van der Waals surface area (Å²) < 4.78 is 0. The zero-order valence-corrected chi connectivity index (χ0v) is 10.1. The number of hydrogen-bond acceptors (Lipinski definition) is 4. The molecule has 1 amide bonds. The van der Waals surface area contributed by atoms with Crippen LogP contribution in [0.1, 0.15) is 24.2 Å². The Hall–Kier alpha value is -1.75. The first kappa shape index (κ1) is 13.3.